The molecule has 0 unspecified atom stereocenters. The molecule has 0 atom stereocenters. The fourth-order valence-electron chi connectivity index (χ4n) is 3.40. The average Bonchev–Trinajstić information content (AvgIpc) is 3.00. The van der Waals surface area contributed by atoms with Gasteiger partial charge in [0, 0.05) is 24.1 Å². The lowest BCUT2D eigenvalue weighted by Crippen LogP contribution is -2.15. The van der Waals surface area contributed by atoms with Gasteiger partial charge >= 0.3 is 0 Å². The van der Waals surface area contributed by atoms with E-state index in [0.717, 1.165) is 5.69 Å². The number of rotatable bonds is 4. The summed E-state index contributed by atoms with van der Waals surface area (Å²) in [5.41, 5.74) is 6.29. The van der Waals surface area contributed by atoms with Crippen molar-refractivity contribution in [1.82, 2.24) is 4.57 Å². The third kappa shape index (κ3) is 3.73. The van der Waals surface area contributed by atoms with Crippen LogP contribution in [0, 0.1) is 20.8 Å². The molecule has 0 fully saturated rings. The molecule has 0 N–H and O–H groups in total. The predicted octanol–water partition coefficient (Wildman–Crippen LogP) is 4.44. The molecule has 0 saturated carbocycles. The standard InChI is InChI=1S/C22H24N2O3S/c1-13-9-14(2)20(15(3)10-13)18-12-28-22(24(18)4)23-21(25)17-8-7-16(26-5)11-19(17)27-6/h7-12H,1-6H3. The van der Waals surface area contributed by atoms with Gasteiger partial charge in [-0.15, -0.1) is 11.3 Å². The van der Waals surface area contributed by atoms with Gasteiger partial charge in [-0.25, -0.2) is 0 Å². The number of nitrogens with zero attached hydrogens (tertiary/aromatic N) is 2. The monoisotopic (exact) mass is 396 g/mol. The highest BCUT2D eigenvalue weighted by atomic mass is 32.1. The van der Waals surface area contributed by atoms with Crippen LogP contribution in [0.3, 0.4) is 0 Å². The molecule has 0 aliphatic rings. The number of aromatic nitrogens is 1. The lowest BCUT2D eigenvalue weighted by atomic mass is 9.98. The third-order valence-corrected chi connectivity index (χ3v) is 5.61. The van der Waals surface area contributed by atoms with Gasteiger partial charge in [-0.2, -0.15) is 4.99 Å². The van der Waals surface area contributed by atoms with Crippen LogP contribution in [0.2, 0.25) is 0 Å². The predicted molar refractivity (Wildman–Crippen MR) is 112 cm³/mol. The molecule has 0 radical (unpaired) electrons. The molecule has 0 aliphatic carbocycles. The van der Waals surface area contributed by atoms with Gasteiger partial charge in [0.25, 0.3) is 5.91 Å². The lowest BCUT2D eigenvalue weighted by molar-refractivity contribution is 0.0995. The first-order valence-electron chi connectivity index (χ1n) is 8.89. The first-order valence-corrected chi connectivity index (χ1v) is 9.77. The van der Waals surface area contributed by atoms with Crippen molar-refractivity contribution in [1.29, 1.82) is 0 Å². The third-order valence-electron chi connectivity index (χ3n) is 4.69. The molecule has 5 nitrogen and oxygen atoms in total. The van der Waals surface area contributed by atoms with E-state index in [2.05, 4.69) is 37.9 Å². The number of ether oxygens (including phenoxy) is 2. The van der Waals surface area contributed by atoms with Crippen molar-refractivity contribution in [2.45, 2.75) is 20.8 Å². The molecule has 0 saturated heterocycles. The van der Waals surface area contributed by atoms with E-state index in [1.807, 2.05) is 17.0 Å². The first kappa shape index (κ1) is 19.9. The fourth-order valence-corrected chi connectivity index (χ4v) is 4.29. The summed E-state index contributed by atoms with van der Waals surface area (Å²) in [5.74, 6) is 0.723. The highest BCUT2D eigenvalue weighted by Crippen LogP contribution is 2.29. The maximum Gasteiger partial charge on any atom is 0.283 e. The van der Waals surface area contributed by atoms with Gasteiger partial charge in [-0.05, 0) is 44.0 Å². The van der Waals surface area contributed by atoms with Gasteiger partial charge in [0.1, 0.15) is 11.5 Å². The number of aryl methyl sites for hydroxylation is 3. The Hall–Kier alpha value is -2.86. The van der Waals surface area contributed by atoms with Crippen molar-refractivity contribution in [3.8, 4) is 22.8 Å². The van der Waals surface area contributed by atoms with Crippen LogP contribution in [0.15, 0.2) is 40.7 Å². The fraction of sp³-hybridized carbons (Fsp3) is 0.273. The molecule has 146 valence electrons. The molecule has 0 bridgehead atoms. The second-order valence-electron chi connectivity index (χ2n) is 6.72. The first-order chi connectivity index (χ1) is 13.3. The number of amides is 1. The van der Waals surface area contributed by atoms with Crippen LogP contribution in [0.1, 0.15) is 27.0 Å². The zero-order valence-electron chi connectivity index (χ0n) is 17.0. The minimum atomic E-state index is -0.346. The topological polar surface area (TPSA) is 52.8 Å². The van der Waals surface area contributed by atoms with Crippen LogP contribution in [0.4, 0.5) is 0 Å². The second-order valence-corrected chi connectivity index (χ2v) is 7.56. The summed E-state index contributed by atoms with van der Waals surface area (Å²) in [7, 11) is 5.03. The Morgan fingerprint density at radius 2 is 1.71 bits per heavy atom. The molecule has 1 heterocycles. The Labute approximate surface area is 168 Å². The van der Waals surface area contributed by atoms with Crippen molar-refractivity contribution >= 4 is 17.2 Å². The van der Waals surface area contributed by atoms with E-state index in [0.29, 0.717) is 21.9 Å². The Bertz CT molecular complexity index is 1090. The summed E-state index contributed by atoms with van der Waals surface area (Å²) in [4.78, 5) is 17.7. The molecule has 3 rings (SSSR count). The molecular weight excluding hydrogens is 372 g/mol. The summed E-state index contributed by atoms with van der Waals surface area (Å²) in [6.07, 6.45) is 0. The number of hydrogen-bond acceptors (Lipinski definition) is 4. The van der Waals surface area contributed by atoms with E-state index in [4.69, 9.17) is 9.47 Å². The maximum atomic E-state index is 12.8. The van der Waals surface area contributed by atoms with Gasteiger partial charge in [-0.1, -0.05) is 17.7 Å². The Morgan fingerprint density at radius 1 is 1.04 bits per heavy atom. The maximum absolute atomic E-state index is 12.8. The molecule has 1 amide bonds. The SMILES string of the molecule is COc1ccc(C(=O)N=c2scc(-c3c(C)cc(C)cc3C)n2C)c(OC)c1. The zero-order chi connectivity index (χ0) is 20.4. The normalized spacial score (nSPS) is 11.6. The van der Waals surface area contributed by atoms with Gasteiger partial charge in [0.2, 0.25) is 0 Å². The van der Waals surface area contributed by atoms with Crippen LogP contribution in [0.5, 0.6) is 11.5 Å². The van der Waals surface area contributed by atoms with Crippen molar-refractivity contribution in [3.63, 3.8) is 0 Å². The number of thiazole rings is 1. The summed E-state index contributed by atoms with van der Waals surface area (Å²) in [6, 6.07) is 9.42. The Balaban J connectivity index is 2.05. The molecule has 3 aromatic rings. The number of methoxy groups -OCH3 is 2. The van der Waals surface area contributed by atoms with Crippen LogP contribution in [0.25, 0.3) is 11.3 Å². The summed E-state index contributed by atoms with van der Waals surface area (Å²) in [6.45, 7) is 6.31. The number of hydrogen-bond donors (Lipinski definition) is 0. The molecule has 28 heavy (non-hydrogen) atoms. The number of benzene rings is 2. The van der Waals surface area contributed by atoms with Gasteiger partial charge in [0.15, 0.2) is 4.80 Å². The largest absolute Gasteiger partial charge is 0.497 e. The molecule has 1 aromatic heterocycles. The van der Waals surface area contributed by atoms with Crippen LogP contribution in [-0.4, -0.2) is 24.7 Å². The van der Waals surface area contributed by atoms with Gasteiger partial charge in [0.05, 0.1) is 25.5 Å². The van der Waals surface area contributed by atoms with Crippen LogP contribution < -0.4 is 14.3 Å². The highest BCUT2D eigenvalue weighted by Gasteiger charge is 2.15. The van der Waals surface area contributed by atoms with Crippen molar-refractivity contribution in [2.24, 2.45) is 12.0 Å². The minimum Gasteiger partial charge on any atom is -0.497 e. The average molecular weight is 397 g/mol. The molecule has 0 aliphatic heterocycles. The number of carbonyl (C=O) groups excluding carboxylic acids is 1. The van der Waals surface area contributed by atoms with Crippen LogP contribution in [-0.2, 0) is 7.05 Å². The summed E-state index contributed by atoms with van der Waals surface area (Å²) in [5, 5.41) is 2.04. The second kappa shape index (κ2) is 8.02. The van der Waals surface area contributed by atoms with Crippen LogP contribution >= 0.6 is 11.3 Å². The van der Waals surface area contributed by atoms with Gasteiger partial charge < -0.3 is 14.0 Å². The zero-order valence-corrected chi connectivity index (χ0v) is 17.8. The Kier molecular flexibility index (Phi) is 5.70. The van der Waals surface area contributed by atoms with Crippen molar-refractivity contribution in [2.75, 3.05) is 14.2 Å². The molecule has 6 heteroatoms. The quantitative estimate of drug-likeness (QED) is 0.655. The molecule has 0 spiro atoms. The van der Waals surface area contributed by atoms with E-state index in [9.17, 15) is 4.79 Å². The summed E-state index contributed by atoms with van der Waals surface area (Å²) >= 11 is 1.45. The Morgan fingerprint density at radius 3 is 2.32 bits per heavy atom. The van der Waals surface area contributed by atoms with Gasteiger partial charge in [-0.3, -0.25) is 4.79 Å². The molecular formula is C22H24N2O3S. The lowest BCUT2D eigenvalue weighted by Gasteiger charge is -2.12. The van der Waals surface area contributed by atoms with E-state index < -0.39 is 0 Å². The van der Waals surface area contributed by atoms with E-state index >= 15 is 0 Å². The van der Waals surface area contributed by atoms with E-state index in [-0.39, 0.29) is 5.91 Å². The van der Waals surface area contributed by atoms with E-state index in [1.54, 1.807) is 25.3 Å². The number of carbonyl (C=O) groups is 1. The highest BCUT2D eigenvalue weighted by molar-refractivity contribution is 7.07. The smallest absolute Gasteiger partial charge is 0.283 e. The molecule has 2 aromatic carbocycles. The minimum absolute atomic E-state index is 0.346. The van der Waals surface area contributed by atoms with E-state index in [1.165, 1.54) is 40.7 Å². The summed E-state index contributed by atoms with van der Waals surface area (Å²) < 4.78 is 12.5. The van der Waals surface area contributed by atoms with Crippen molar-refractivity contribution < 1.29 is 14.3 Å². The van der Waals surface area contributed by atoms with Crippen molar-refractivity contribution in [3.05, 3.63) is 62.8 Å².